The van der Waals surface area contributed by atoms with Gasteiger partial charge in [-0.3, -0.25) is 0 Å². The van der Waals surface area contributed by atoms with Gasteiger partial charge in [0.2, 0.25) is 0 Å². The van der Waals surface area contributed by atoms with Crippen molar-refractivity contribution >= 4 is 11.6 Å². The zero-order valence-corrected chi connectivity index (χ0v) is 10.2. The Kier molecular flexibility index (Phi) is 3.41. The van der Waals surface area contributed by atoms with Crippen LogP contribution in [0, 0.1) is 11.3 Å². The van der Waals surface area contributed by atoms with Gasteiger partial charge in [-0.1, -0.05) is 30.7 Å². The Labute approximate surface area is 105 Å². The van der Waals surface area contributed by atoms with E-state index in [1.807, 2.05) is 37.3 Å². The molecule has 2 rings (SSSR count). The van der Waals surface area contributed by atoms with E-state index in [4.69, 9.17) is 16.9 Å². The van der Waals surface area contributed by atoms with Crippen LogP contribution in [0.1, 0.15) is 18.2 Å². The second-order valence-corrected chi connectivity index (χ2v) is 4.14. The first kappa shape index (κ1) is 11.6. The van der Waals surface area contributed by atoms with E-state index in [1.54, 1.807) is 6.20 Å². The van der Waals surface area contributed by atoms with Crippen LogP contribution in [0.2, 0.25) is 5.02 Å². The number of hydrogen-bond acceptors (Lipinski definition) is 2. The lowest BCUT2D eigenvalue weighted by Crippen LogP contribution is -1.93. The van der Waals surface area contributed by atoms with Gasteiger partial charge in [0.25, 0.3) is 0 Å². The van der Waals surface area contributed by atoms with E-state index in [0.717, 1.165) is 23.1 Å². The molecule has 0 saturated carbocycles. The summed E-state index contributed by atoms with van der Waals surface area (Å²) in [5, 5.41) is 9.62. The van der Waals surface area contributed by atoms with Crippen LogP contribution >= 0.6 is 11.6 Å². The molecule has 0 amide bonds. The van der Waals surface area contributed by atoms with Crippen molar-refractivity contribution in [1.29, 1.82) is 5.26 Å². The van der Waals surface area contributed by atoms with Crippen LogP contribution in [0.25, 0.3) is 11.1 Å². The summed E-state index contributed by atoms with van der Waals surface area (Å²) in [6.45, 7) is 2.01. The third-order valence-electron chi connectivity index (χ3n) is 2.61. The molecule has 3 heteroatoms. The lowest BCUT2D eigenvalue weighted by molar-refractivity contribution is 1.08. The molecule has 2 nitrogen and oxygen atoms in total. The standard InChI is InChI=1S/C14H11ClN2/c1-2-10-6-12(9-17-14(10)8-16)11-4-3-5-13(15)7-11/h3-7,9H,2H2,1H3. The molecule has 84 valence electrons. The van der Waals surface area contributed by atoms with Crippen LogP contribution in [0.15, 0.2) is 36.5 Å². The molecule has 0 radical (unpaired) electrons. The van der Waals surface area contributed by atoms with E-state index in [1.165, 1.54) is 0 Å². The highest BCUT2D eigenvalue weighted by Gasteiger charge is 2.05. The van der Waals surface area contributed by atoms with E-state index in [-0.39, 0.29) is 0 Å². The molecule has 0 atom stereocenters. The van der Waals surface area contributed by atoms with Gasteiger partial charge in [-0.2, -0.15) is 5.26 Å². The van der Waals surface area contributed by atoms with Crippen LogP contribution in [0.3, 0.4) is 0 Å². The molecule has 17 heavy (non-hydrogen) atoms. The quantitative estimate of drug-likeness (QED) is 0.802. The zero-order chi connectivity index (χ0) is 12.3. The maximum Gasteiger partial charge on any atom is 0.143 e. The monoisotopic (exact) mass is 242 g/mol. The summed E-state index contributed by atoms with van der Waals surface area (Å²) in [6, 6.07) is 11.7. The van der Waals surface area contributed by atoms with Crippen molar-refractivity contribution in [3.05, 3.63) is 52.8 Å². The number of hydrogen-bond donors (Lipinski definition) is 0. The van der Waals surface area contributed by atoms with Gasteiger partial charge in [-0.05, 0) is 35.7 Å². The molecular formula is C14H11ClN2. The molecule has 0 fully saturated rings. The minimum atomic E-state index is 0.498. The highest BCUT2D eigenvalue weighted by molar-refractivity contribution is 6.30. The van der Waals surface area contributed by atoms with Crippen molar-refractivity contribution in [2.45, 2.75) is 13.3 Å². The van der Waals surface area contributed by atoms with Crippen LogP contribution < -0.4 is 0 Å². The predicted molar refractivity (Wildman–Crippen MR) is 68.8 cm³/mol. The molecular weight excluding hydrogens is 232 g/mol. The summed E-state index contributed by atoms with van der Waals surface area (Å²) in [6.07, 6.45) is 2.51. The van der Waals surface area contributed by atoms with Crippen LogP contribution in [0.4, 0.5) is 0 Å². The van der Waals surface area contributed by atoms with Gasteiger partial charge in [-0.25, -0.2) is 4.98 Å². The molecule has 0 aliphatic heterocycles. The van der Waals surface area contributed by atoms with Gasteiger partial charge in [0.05, 0.1) is 0 Å². The Hall–Kier alpha value is -1.85. The predicted octanol–water partition coefficient (Wildman–Crippen LogP) is 3.84. The fraction of sp³-hybridized carbons (Fsp3) is 0.143. The molecule has 0 unspecified atom stereocenters. The minimum absolute atomic E-state index is 0.498. The molecule has 0 bridgehead atoms. The first-order valence-corrected chi connectivity index (χ1v) is 5.77. The maximum absolute atomic E-state index is 8.92. The summed E-state index contributed by atoms with van der Waals surface area (Å²) in [5.74, 6) is 0. The molecule has 0 spiro atoms. The number of halogens is 1. The largest absolute Gasteiger partial charge is 0.245 e. The summed E-state index contributed by atoms with van der Waals surface area (Å²) in [7, 11) is 0. The number of aryl methyl sites for hydroxylation is 1. The van der Waals surface area contributed by atoms with Gasteiger partial charge < -0.3 is 0 Å². The number of nitrogens with zero attached hydrogens (tertiary/aromatic N) is 2. The SMILES string of the molecule is CCc1cc(-c2cccc(Cl)c2)cnc1C#N. The Bertz CT molecular complexity index is 585. The lowest BCUT2D eigenvalue weighted by Gasteiger charge is -2.05. The normalized spacial score (nSPS) is 9.94. The van der Waals surface area contributed by atoms with Gasteiger partial charge in [0.15, 0.2) is 0 Å². The van der Waals surface area contributed by atoms with Gasteiger partial charge in [0, 0.05) is 16.8 Å². The third kappa shape index (κ3) is 2.46. The molecule has 0 aliphatic carbocycles. The Morgan fingerprint density at radius 1 is 1.29 bits per heavy atom. The second-order valence-electron chi connectivity index (χ2n) is 3.71. The Morgan fingerprint density at radius 2 is 2.12 bits per heavy atom. The van der Waals surface area contributed by atoms with Crippen molar-refractivity contribution < 1.29 is 0 Å². The molecule has 0 N–H and O–H groups in total. The fourth-order valence-electron chi connectivity index (χ4n) is 1.71. The van der Waals surface area contributed by atoms with Crippen LogP contribution in [-0.4, -0.2) is 4.98 Å². The highest BCUT2D eigenvalue weighted by atomic mass is 35.5. The topological polar surface area (TPSA) is 36.7 Å². The molecule has 0 aliphatic rings. The maximum atomic E-state index is 8.92. The number of pyridine rings is 1. The van der Waals surface area contributed by atoms with Gasteiger partial charge in [-0.15, -0.1) is 0 Å². The van der Waals surface area contributed by atoms with Crippen molar-refractivity contribution in [2.75, 3.05) is 0 Å². The summed E-state index contributed by atoms with van der Waals surface area (Å²) in [5.41, 5.74) is 3.47. The molecule has 0 saturated heterocycles. The van der Waals surface area contributed by atoms with Crippen molar-refractivity contribution in [3.63, 3.8) is 0 Å². The van der Waals surface area contributed by atoms with Gasteiger partial charge >= 0.3 is 0 Å². The first-order chi connectivity index (χ1) is 8.24. The molecule has 2 aromatic rings. The van der Waals surface area contributed by atoms with Gasteiger partial charge in [0.1, 0.15) is 11.8 Å². The van der Waals surface area contributed by atoms with E-state index < -0.39 is 0 Å². The van der Waals surface area contributed by atoms with E-state index >= 15 is 0 Å². The third-order valence-corrected chi connectivity index (χ3v) is 2.85. The number of benzene rings is 1. The Morgan fingerprint density at radius 3 is 2.76 bits per heavy atom. The molecule has 1 heterocycles. The van der Waals surface area contributed by atoms with E-state index in [2.05, 4.69) is 11.1 Å². The number of rotatable bonds is 2. The van der Waals surface area contributed by atoms with Crippen LogP contribution in [-0.2, 0) is 6.42 Å². The van der Waals surface area contributed by atoms with E-state index in [9.17, 15) is 0 Å². The zero-order valence-electron chi connectivity index (χ0n) is 9.44. The summed E-state index contributed by atoms with van der Waals surface area (Å²) < 4.78 is 0. The van der Waals surface area contributed by atoms with Crippen molar-refractivity contribution in [1.82, 2.24) is 4.98 Å². The van der Waals surface area contributed by atoms with E-state index in [0.29, 0.717) is 10.7 Å². The molecule has 1 aromatic heterocycles. The van der Waals surface area contributed by atoms with Crippen LogP contribution in [0.5, 0.6) is 0 Å². The molecule has 1 aromatic carbocycles. The smallest absolute Gasteiger partial charge is 0.143 e. The van der Waals surface area contributed by atoms with Crippen molar-refractivity contribution in [3.8, 4) is 17.2 Å². The fourth-order valence-corrected chi connectivity index (χ4v) is 1.90. The summed E-state index contributed by atoms with van der Waals surface area (Å²) in [4.78, 5) is 4.17. The average Bonchev–Trinajstić information content (AvgIpc) is 2.38. The van der Waals surface area contributed by atoms with Crippen molar-refractivity contribution in [2.24, 2.45) is 0 Å². The highest BCUT2D eigenvalue weighted by Crippen LogP contribution is 2.23. The summed E-state index contributed by atoms with van der Waals surface area (Å²) >= 11 is 5.95. The number of aromatic nitrogens is 1. The second kappa shape index (κ2) is 4.99. The lowest BCUT2D eigenvalue weighted by atomic mass is 10.0. The average molecular weight is 243 g/mol. The Balaban J connectivity index is 2.51. The number of nitriles is 1. The first-order valence-electron chi connectivity index (χ1n) is 5.39. The minimum Gasteiger partial charge on any atom is -0.245 e.